The van der Waals surface area contributed by atoms with Crippen LogP contribution < -0.4 is 0 Å². The fourth-order valence-electron chi connectivity index (χ4n) is 6.10. The molecule has 0 aromatic heterocycles. The Bertz CT molecular complexity index is 1080. The Morgan fingerprint density at radius 2 is 2.09 bits per heavy atom. The monoisotopic (exact) mass is 516 g/mol. The molecule has 1 aliphatic heterocycles. The number of amides is 1. The molecular weight excluding hydrogens is 483 g/mol. The van der Waals surface area contributed by atoms with Crippen LogP contribution in [0.25, 0.3) is 0 Å². The van der Waals surface area contributed by atoms with Gasteiger partial charge in [-0.05, 0) is 61.2 Å². The van der Waals surface area contributed by atoms with Crippen molar-refractivity contribution in [2.75, 3.05) is 33.8 Å². The number of methoxy groups -OCH3 is 1. The lowest BCUT2D eigenvalue weighted by atomic mass is 9.56. The fraction of sp³-hybridized carbons (Fsp3) is 0.464. The van der Waals surface area contributed by atoms with Gasteiger partial charge in [-0.3, -0.25) is 9.69 Å². The molecule has 2 aromatic carbocycles. The summed E-state index contributed by atoms with van der Waals surface area (Å²) < 4.78 is 6.09. The molecule has 0 bridgehead atoms. The van der Waals surface area contributed by atoms with E-state index in [0.717, 1.165) is 50.0 Å². The molecule has 1 saturated heterocycles. The van der Waals surface area contributed by atoms with Gasteiger partial charge in [0, 0.05) is 44.6 Å². The minimum Gasteiger partial charge on any atom is -0.508 e. The van der Waals surface area contributed by atoms with Crippen molar-refractivity contribution in [1.29, 1.82) is 0 Å². The maximum atomic E-state index is 13.3. The third kappa shape index (κ3) is 5.39. The first kappa shape index (κ1) is 26.0. The maximum absolute atomic E-state index is 13.3. The number of likely N-dealkylation sites (tertiary alicyclic amines) is 1. The zero-order chi connectivity index (χ0) is 25.2. The lowest BCUT2D eigenvalue weighted by Crippen LogP contribution is -2.61. The molecule has 188 valence electrons. The van der Waals surface area contributed by atoms with Crippen LogP contribution in [0.2, 0.25) is 10.0 Å². The minimum absolute atomic E-state index is 0.0102. The lowest BCUT2D eigenvalue weighted by molar-refractivity contribution is -0.136. The van der Waals surface area contributed by atoms with Crippen LogP contribution in [-0.2, 0) is 21.4 Å². The van der Waals surface area contributed by atoms with E-state index in [4.69, 9.17) is 27.9 Å². The summed E-state index contributed by atoms with van der Waals surface area (Å²) in [6.07, 6.45) is 4.73. The number of benzene rings is 2. The number of aromatic hydroxyl groups is 1. The van der Waals surface area contributed by atoms with Crippen LogP contribution in [0.3, 0.4) is 0 Å². The van der Waals surface area contributed by atoms with Gasteiger partial charge in [-0.1, -0.05) is 47.5 Å². The van der Waals surface area contributed by atoms with Crippen LogP contribution in [-0.4, -0.2) is 66.8 Å². The predicted octanol–water partition coefficient (Wildman–Crippen LogP) is 5.32. The summed E-state index contributed by atoms with van der Waals surface area (Å²) >= 11 is 12.2. The van der Waals surface area contributed by atoms with Crippen LogP contribution in [0.5, 0.6) is 5.75 Å². The van der Waals surface area contributed by atoms with Crippen LogP contribution in [0, 0.1) is 5.92 Å². The predicted molar refractivity (Wildman–Crippen MR) is 141 cm³/mol. The first-order valence-corrected chi connectivity index (χ1v) is 12.9. The summed E-state index contributed by atoms with van der Waals surface area (Å²) in [4.78, 5) is 17.6. The van der Waals surface area contributed by atoms with Crippen LogP contribution in [0.15, 0.2) is 55.1 Å². The molecule has 0 spiro atoms. The molecule has 35 heavy (non-hydrogen) atoms. The van der Waals surface area contributed by atoms with Gasteiger partial charge in [0.1, 0.15) is 5.75 Å². The SMILES string of the molecule is C=CCN1CC[C@@]2(c3cccc(O)c3)C[C@H](N(C)C(=O)Cc3ccc(Cl)c(Cl)c3)CC(OC)[C@@H]2C1. The number of piperidine rings is 1. The van der Waals surface area contributed by atoms with Crippen molar-refractivity contribution in [3.8, 4) is 5.75 Å². The Labute approximate surface area is 218 Å². The number of nitrogens with zero attached hydrogens (tertiary/aromatic N) is 2. The van der Waals surface area contributed by atoms with E-state index in [-0.39, 0.29) is 41.6 Å². The van der Waals surface area contributed by atoms with Gasteiger partial charge in [-0.25, -0.2) is 0 Å². The normalized spacial score (nSPS) is 26.7. The van der Waals surface area contributed by atoms with Crippen molar-refractivity contribution < 1.29 is 14.6 Å². The van der Waals surface area contributed by atoms with Gasteiger partial charge >= 0.3 is 0 Å². The number of ether oxygens (including phenoxy) is 1. The van der Waals surface area contributed by atoms with E-state index in [1.807, 2.05) is 36.2 Å². The van der Waals surface area contributed by atoms with E-state index in [1.54, 1.807) is 25.3 Å². The second kappa shape index (κ2) is 10.9. The van der Waals surface area contributed by atoms with Crippen molar-refractivity contribution in [1.82, 2.24) is 9.80 Å². The number of phenolic OH excluding ortho intramolecular Hbond substituents is 1. The Balaban J connectivity index is 1.63. The zero-order valence-electron chi connectivity index (χ0n) is 20.4. The van der Waals surface area contributed by atoms with Gasteiger partial charge < -0.3 is 14.7 Å². The zero-order valence-corrected chi connectivity index (χ0v) is 21.9. The third-order valence-electron chi connectivity index (χ3n) is 7.98. The molecule has 1 N–H and O–H groups in total. The van der Waals surface area contributed by atoms with E-state index in [0.29, 0.717) is 10.0 Å². The second-order valence-electron chi connectivity index (χ2n) is 9.91. The average Bonchev–Trinajstić information content (AvgIpc) is 2.85. The highest BCUT2D eigenvalue weighted by molar-refractivity contribution is 6.42. The molecule has 0 radical (unpaired) electrons. The van der Waals surface area contributed by atoms with Crippen molar-refractivity contribution >= 4 is 29.1 Å². The molecule has 1 amide bonds. The van der Waals surface area contributed by atoms with E-state index >= 15 is 0 Å². The first-order chi connectivity index (χ1) is 16.8. The fourth-order valence-corrected chi connectivity index (χ4v) is 6.42. The standard InChI is InChI=1S/C28H34Cl2N2O3/c1-4-11-32-12-10-28(20-6-5-7-22(33)15-20)17-21(16-26(35-3)23(28)18-32)31(2)27(34)14-19-8-9-24(29)25(30)13-19/h4-9,13,15,21,23,26,33H,1,10-12,14,16-18H2,2-3H3/t21-,23+,26?,28+/m1/s1. The smallest absolute Gasteiger partial charge is 0.226 e. The Kier molecular flexibility index (Phi) is 8.12. The largest absolute Gasteiger partial charge is 0.508 e. The lowest BCUT2D eigenvalue weighted by Gasteiger charge is -2.56. The molecule has 2 aliphatic rings. The van der Waals surface area contributed by atoms with Gasteiger partial charge in [0.15, 0.2) is 0 Å². The Morgan fingerprint density at radius 3 is 2.77 bits per heavy atom. The number of carbonyl (C=O) groups is 1. The van der Waals surface area contributed by atoms with Gasteiger partial charge in [0.25, 0.3) is 0 Å². The van der Waals surface area contributed by atoms with Crippen molar-refractivity contribution in [2.45, 2.75) is 43.2 Å². The summed E-state index contributed by atoms with van der Waals surface area (Å²) in [5.41, 5.74) is 1.77. The van der Waals surface area contributed by atoms with E-state index < -0.39 is 0 Å². The average molecular weight is 517 g/mol. The highest BCUT2D eigenvalue weighted by Crippen LogP contribution is 2.51. The van der Waals surface area contributed by atoms with Crippen LogP contribution >= 0.6 is 23.2 Å². The van der Waals surface area contributed by atoms with E-state index in [2.05, 4.69) is 17.5 Å². The Hall–Kier alpha value is -2.05. The third-order valence-corrected chi connectivity index (χ3v) is 8.72. The summed E-state index contributed by atoms with van der Waals surface area (Å²) in [6, 6.07) is 13.0. The molecule has 7 heteroatoms. The molecule has 4 rings (SSSR count). The molecule has 5 nitrogen and oxygen atoms in total. The van der Waals surface area contributed by atoms with E-state index in [9.17, 15) is 9.90 Å². The van der Waals surface area contributed by atoms with Crippen LogP contribution in [0.4, 0.5) is 0 Å². The quantitative estimate of drug-likeness (QED) is 0.505. The molecule has 2 aromatic rings. The summed E-state index contributed by atoms with van der Waals surface area (Å²) in [7, 11) is 3.66. The topological polar surface area (TPSA) is 53.0 Å². The minimum atomic E-state index is -0.196. The number of hydrogen-bond donors (Lipinski definition) is 1. The molecule has 4 atom stereocenters. The molecule has 1 heterocycles. The molecule has 1 aliphatic carbocycles. The second-order valence-corrected chi connectivity index (χ2v) is 10.7. The number of phenols is 1. The summed E-state index contributed by atoms with van der Waals surface area (Å²) in [5, 5.41) is 11.3. The number of likely N-dealkylation sites (N-methyl/N-ethyl adjacent to an activating group) is 1. The van der Waals surface area contributed by atoms with Gasteiger partial charge in [-0.15, -0.1) is 6.58 Å². The van der Waals surface area contributed by atoms with Gasteiger partial charge in [0.05, 0.1) is 22.6 Å². The Morgan fingerprint density at radius 1 is 1.29 bits per heavy atom. The molecule has 1 saturated carbocycles. The highest BCUT2D eigenvalue weighted by Gasteiger charge is 2.53. The summed E-state index contributed by atoms with van der Waals surface area (Å²) in [5.74, 6) is 0.555. The summed E-state index contributed by atoms with van der Waals surface area (Å²) in [6.45, 7) is 6.59. The molecule has 2 fully saturated rings. The molecule has 1 unspecified atom stereocenters. The van der Waals surface area contributed by atoms with Crippen molar-refractivity contribution in [3.05, 3.63) is 76.3 Å². The number of halogens is 2. The van der Waals surface area contributed by atoms with Gasteiger partial charge in [0.2, 0.25) is 5.91 Å². The number of carbonyl (C=O) groups excluding carboxylic acids is 1. The number of hydrogen-bond acceptors (Lipinski definition) is 4. The highest BCUT2D eigenvalue weighted by atomic mass is 35.5. The first-order valence-electron chi connectivity index (χ1n) is 12.1. The van der Waals surface area contributed by atoms with Crippen molar-refractivity contribution in [2.24, 2.45) is 5.92 Å². The van der Waals surface area contributed by atoms with Crippen molar-refractivity contribution in [3.63, 3.8) is 0 Å². The number of fused-ring (bicyclic) bond motifs is 1. The van der Waals surface area contributed by atoms with Crippen LogP contribution in [0.1, 0.15) is 30.4 Å². The molecular formula is C28H34Cl2N2O3. The number of rotatable bonds is 7. The maximum Gasteiger partial charge on any atom is 0.226 e. The van der Waals surface area contributed by atoms with E-state index in [1.165, 1.54) is 0 Å². The van der Waals surface area contributed by atoms with Gasteiger partial charge in [-0.2, -0.15) is 0 Å².